The van der Waals surface area contributed by atoms with Crippen molar-refractivity contribution in [2.24, 2.45) is 0 Å². The average molecular weight is 292 g/mol. The molecule has 0 unspecified atom stereocenters. The molecule has 0 fully saturated rings. The maximum Gasteiger partial charge on any atom is 0.279 e. The summed E-state index contributed by atoms with van der Waals surface area (Å²) in [7, 11) is -1.85. The number of anilines is 1. The monoisotopic (exact) mass is 292 g/mol. The summed E-state index contributed by atoms with van der Waals surface area (Å²) in [5.41, 5.74) is 2.13. The van der Waals surface area contributed by atoms with Crippen LogP contribution in [0.1, 0.15) is 11.3 Å². The molecule has 0 aliphatic carbocycles. The topological polar surface area (TPSA) is 84.0 Å². The van der Waals surface area contributed by atoms with Crippen molar-refractivity contribution in [1.82, 2.24) is 15.3 Å². The lowest BCUT2D eigenvalue weighted by atomic mass is 10.3. The molecule has 6 nitrogen and oxygen atoms in total. The Hall–Kier alpha value is -1.99. The Morgan fingerprint density at radius 1 is 1.20 bits per heavy atom. The van der Waals surface area contributed by atoms with Crippen LogP contribution in [0.5, 0.6) is 0 Å². The molecule has 2 aromatic heterocycles. The second-order valence-corrected chi connectivity index (χ2v) is 5.96. The SMILES string of the molecule is CNCc1ccc(S(=O)(=O)Nc2ccnc(C)c2)nc1. The van der Waals surface area contributed by atoms with Gasteiger partial charge in [0.15, 0.2) is 5.03 Å². The Bertz CT molecular complexity index is 684. The van der Waals surface area contributed by atoms with Crippen molar-refractivity contribution in [3.8, 4) is 0 Å². The fourth-order valence-electron chi connectivity index (χ4n) is 1.70. The van der Waals surface area contributed by atoms with Crippen LogP contribution in [-0.4, -0.2) is 25.4 Å². The van der Waals surface area contributed by atoms with E-state index < -0.39 is 10.0 Å². The van der Waals surface area contributed by atoms with E-state index in [1.807, 2.05) is 7.05 Å². The van der Waals surface area contributed by atoms with Crippen LogP contribution in [-0.2, 0) is 16.6 Å². The number of aromatic nitrogens is 2. The lowest BCUT2D eigenvalue weighted by Gasteiger charge is -2.08. The van der Waals surface area contributed by atoms with Gasteiger partial charge in [-0.15, -0.1) is 0 Å². The fraction of sp³-hybridized carbons (Fsp3) is 0.231. The van der Waals surface area contributed by atoms with E-state index in [-0.39, 0.29) is 5.03 Å². The fourth-order valence-corrected chi connectivity index (χ4v) is 2.68. The van der Waals surface area contributed by atoms with Crippen molar-refractivity contribution < 1.29 is 8.42 Å². The number of hydrogen-bond donors (Lipinski definition) is 2. The van der Waals surface area contributed by atoms with E-state index >= 15 is 0 Å². The van der Waals surface area contributed by atoms with Crippen molar-refractivity contribution in [3.63, 3.8) is 0 Å². The van der Waals surface area contributed by atoms with Crippen LogP contribution in [0.4, 0.5) is 5.69 Å². The van der Waals surface area contributed by atoms with E-state index in [9.17, 15) is 8.42 Å². The molecule has 2 aromatic rings. The third kappa shape index (κ3) is 3.52. The van der Waals surface area contributed by atoms with Gasteiger partial charge in [-0.1, -0.05) is 6.07 Å². The van der Waals surface area contributed by atoms with Gasteiger partial charge in [-0.25, -0.2) is 4.98 Å². The zero-order chi connectivity index (χ0) is 14.6. The first kappa shape index (κ1) is 14.4. The summed E-state index contributed by atoms with van der Waals surface area (Å²) < 4.78 is 26.8. The normalized spacial score (nSPS) is 11.3. The maximum absolute atomic E-state index is 12.2. The van der Waals surface area contributed by atoms with Crippen molar-refractivity contribution >= 4 is 15.7 Å². The number of pyridine rings is 2. The predicted molar refractivity (Wildman–Crippen MR) is 76.8 cm³/mol. The Kier molecular flexibility index (Phi) is 4.31. The van der Waals surface area contributed by atoms with Gasteiger partial charge >= 0.3 is 0 Å². The summed E-state index contributed by atoms with van der Waals surface area (Å²) in [4.78, 5) is 8.00. The van der Waals surface area contributed by atoms with Gasteiger partial charge in [0.05, 0.1) is 5.69 Å². The molecule has 0 atom stereocenters. The van der Waals surface area contributed by atoms with Crippen molar-refractivity contribution in [2.75, 3.05) is 11.8 Å². The molecule has 0 spiro atoms. The zero-order valence-corrected chi connectivity index (χ0v) is 12.1. The van der Waals surface area contributed by atoms with Gasteiger partial charge in [0, 0.05) is 24.6 Å². The maximum atomic E-state index is 12.2. The van der Waals surface area contributed by atoms with Crippen LogP contribution < -0.4 is 10.0 Å². The van der Waals surface area contributed by atoms with Gasteiger partial charge in [0.25, 0.3) is 10.0 Å². The Labute approximate surface area is 118 Å². The largest absolute Gasteiger partial charge is 0.316 e. The molecule has 2 heterocycles. The molecule has 0 aromatic carbocycles. The van der Waals surface area contributed by atoms with E-state index in [1.54, 1.807) is 37.5 Å². The molecule has 0 saturated carbocycles. The smallest absolute Gasteiger partial charge is 0.279 e. The average Bonchev–Trinajstić information content (AvgIpc) is 2.39. The van der Waals surface area contributed by atoms with Gasteiger partial charge in [-0.2, -0.15) is 8.42 Å². The molecule has 106 valence electrons. The Morgan fingerprint density at radius 2 is 2.00 bits per heavy atom. The minimum absolute atomic E-state index is 0.00758. The van der Waals surface area contributed by atoms with Crippen LogP contribution >= 0.6 is 0 Å². The van der Waals surface area contributed by atoms with E-state index in [1.165, 1.54) is 6.07 Å². The van der Waals surface area contributed by atoms with E-state index in [4.69, 9.17) is 0 Å². The molecule has 7 heteroatoms. The van der Waals surface area contributed by atoms with Crippen molar-refractivity contribution in [1.29, 1.82) is 0 Å². The lowest BCUT2D eigenvalue weighted by Crippen LogP contribution is -2.15. The van der Waals surface area contributed by atoms with Gasteiger partial charge in [-0.05, 0) is 37.7 Å². The number of nitrogens with one attached hydrogen (secondary N) is 2. The molecule has 20 heavy (non-hydrogen) atoms. The molecule has 0 saturated heterocycles. The van der Waals surface area contributed by atoms with Gasteiger partial charge in [-0.3, -0.25) is 9.71 Å². The van der Waals surface area contributed by atoms with E-state index in [2.05, 4.69) is 20.0 Å². The summed E-state index contributed by atoms with van der Waals surface area (Å²) in [6.45, 7) is 2.44. The molecule has 0 bridgehead atoms. The summed E-state index contributed by atoms with van der Waals surface area (Å²) in [5.74, 6) is 0. The van der Waals surface area contributed by atoms with Crippen molar-refractivity contribution in [2.45, 2.75) is 18.5 Å². The molecular formula is C13H16N4O2S. The lowest BCUT2D eigenvalue weighted by molar-refractivity contribution is 0.597. The second kappa shape index (κ2) is 5.98. The number of hydrogen-bond acceptors (Lipinski definition) is 5. The molecular weight excluding hydrogens is 276 g/mol. The zero-order valence-electron chi connectivity index (χ0n) is 11.3. The van der Waals surface area contributed by atoms with Crippen LogP contribution in [0.15, 0.2) is 41.7 Å². The highest BCUT2D eigenvalue weighted by Crippen LogP contribution is 2.14. The van der Waals surface area contributed by atoms with E-state index in [0.717, 1.165) is 11.3 Å². The van der Waals surface area contributed by atoms with Crippen LogP contribution in [0.25, 0.3) is 0 Å². The molecule has 0 amide bonds. The van der Waals surface area contributed by atoms with Gasteiger partial charge in [0.2, 0.25) is 0 Å². The van der Waals surface area contributed by atoms with Crippen LogP contribution in [0, 0.1) is 6.92 Å². The first-order valence-corrected chi connectivity index (χ1v) is 7.54. The Balaban J connectivity index is 2.21. The highest BCUT2D eigenvalue weighted by atomic mass is 32.2. The number of rotatable bonds is 5. The molecule has 0 radical (unpaired) electrons. The van der Waals surface area contributed by atoms with Crippen molar-refractivity contribution in [3.05, 3.63) is 47.9 Å². The highest BCUT2D eigenvalue weighted by Gasteiger charge is 2.15. The summed E-state index contributed by atoms with van der Waals surface area (Å²) in [6.07, 6.45) is 3.10. The quantitative estimate of drug-likeness (QED) is 0.868. The number of aryl methyl sites for hydroxylation is 1. The van der Waals surface area contributed by atoms with Gasteiger partial charge < -0.3 is 5.32 Å². The minimum atomic E-state index is -3.67. The second-order valence-electron chi connectivity index (χ2n) is 4.33. The highest BCUT2D eigenvalue weighted by molar-refractivity contribution is 7.92. The standard InChI is InChI=1S/C13H16N4O2S/c1-10-7-12(5-6-15-10)17-20(18,19)13-4-3-11(8-14-2)9-16-13/h3-7,9,14H,8H2,1-2H3,(H,15,17). The van der Waals surface area contributed by atoms with Gasteiger partial charge in [0.1, 0.15) is 0 Å². The van der Waals surface area contributed by atoms with Crippen LogP contribution in [0.2, 0.25) is 0 Å². The molecule has 2 N–H and O–H groups in total. The minimum Gasteiger partial charge on any atom is -0.316 e. The molecule has 0 aliphatic heterocycles. The summed E-state index contributed by atoms with van der Waals surface area (Å²) in [6, 6.07) is 6.48. The summed E-state index contributed by atoms with van der Waals surface area (Å²) >= 11 is 0. The third-order valence-electron chi connectivity index (χ3n) is 2.60. The van der Waals surface area contributed by atoms with E-state index in [0.29, 0.717) is 12.2 Å². The molecule has 0 aliphatic rings. The number of sulfonamides is 1. The number of nitrogens with zero attached hydrogens (tertiary/aromatic N) is 2. The molecule has 2 rings (SSSR count). The Morgan fingerprint density at radius 3 is 2.60 bits per heavy atom. The summed E-state index contributed by atoms with van der Waals surface area (Å²) in [5, 5.41) is 2.97. The van der Waals surface area contributed by atoms with Crippen LogP contribution in [0.3, 0.4) is 0 Å². The predicted octanol–water partition coefficient (Wildman–Crippen LogP) is 1.31. The third-order valence-corrected chi connectivity index (χ3v) is 3.90. The first-order valence-electron chi connectivity index (χ1n) is 6.06. The first-order chi connectivity index (χ1) is 9.51.